The highest BCUT2D eigenvalue weighted by atomic mass is 35.5. The Morgan fingerprint density at radius 1 is 1.19 bits per heavy atom. The van der Waals surface area contributed by atoms with Crippen molar-refractivity contribution < 1.29 is 14.4 Å². The maximum atomic E-state index is 13.3. The zero-order chi connectivity index (χ0) is 22.2. The second-order valence-corrected chi connectivity index (χ2v) is 8.82. The van der Waals surface area contributed by atoms with Gasteiger partial charge in [-0.2, -0.15) is 0 Å². The van der Waals surface area contributed by atoms with Crippen molar-refractivity contribution in [3.63, 3.8) is 0 Å². The third-order valence-electron chi connectivity index (χ3n) is 5.24. The predicted molar refractivity (Wildman–Crippen MR) is 123 cm³/mol. The Labute approximate surface area is 191 Å². The third-order valence-corrected chi connectivity index (χ3v) is 6.36. The largest absolute Gasteiger partial charge is 0.351 e. The van der Waals surface area contributed by atoms with Crippen molar-refractivity contribution in [1.29, 1.82) is 0 Å². The zero-order valence-corrected chi connectivity index (χ0v) is 18.8. The first kappa shape index (κ1) is 23.0. The summed E-state index contributed by atoms with van der Waals surface area (Å²) < 4.78 is 0. The number of carbonyl (C=O) groups is 3. The molecule has 3 rings (SSSR count). The van der Waals surface area contributed by atoms with Crippen LogP contribution in [0, 0.1) is 0 Å². The Hall–Kier alpha value is -2.64. The lowest BCUT2D eigenvalue weighted by atomic mass is 10.0. The minimum absolute atomic E-state index is 0.113. The molecular formula is C23H26ClN3O3S. The van der Waals surface area contributed by atoms with Crippen LogP contribution < -0.4 is 10.6 Å². The van der Waals surface area contributed by atoms with E-state index in [1.54, 1.807) is 47.9 Å². The quantitative estimate of drug-likeness (QED) is 0.557. The SMILES string of the molecule is C=CCN(C(=O)CNC(=O)c1cccs1)C(C(=O)NC1CCCC1)c1ccc(Cl)cc1. The van der Waals surface area contributed by atoms with E-state index in [4.69, 9.17) is 11.6 Å². The van der Waals surface area contributed by atoms with Gasteiger partial charge in [0.2, 0.25) is 11.8 Å². The van der Waals surface area contributed by atoms with Crippen LogP contribution in [0.25, 0.3) is 0 Å². The first-order valence-electron chi connectivity index (χ1n) is 10.3. The van der Waals surface area contributed by atoms with Crippen molar-refractivity contribution in [2.24, 2.45) is 0 Å². The topological polar surface area (TPSA) is 78.5 Å². The molecule has 0 bridgehead atoms. The summed E-state index contributed by atoms with van der Waals surface area (Å²) in [4.78, 5) is 40.6. The molecular weight excluding hydrogens is 434 g/mol. The van der Waals surface area contributed by atoms with Crippen molar-refractivity contribution >= 4 is 40.7 Å². The van der Waals surface area contributed by atoms with Gasteiger partial charge in [-0.05, 0) is 42.0 Å². The molecule has 1 atom stereocenters. The van der Waals surface area contributed by atoms with Gasteiger partial charge in [-0.1, -0.05) is 48.7 Å². The van der Waals surface area contributed by atoms with Gasteiger partial charge in [-0.15, -0.1) is 17.9 Å². The second-order valence-electron chi connectivity index (χ2n) is 7.44. The molecule has 1 aliphatic rings. The van der Waals surface area contributed by atoms with Gasteiger partial charge in [0.15, 0.2) is 0 Å². The normalized spacial score (nSPS) is 14.6. The van der Waals surface area contributed by atoms with E-state index in [2.05, 4.69) is 17.2 Å². The van der Waals surface area contributed by atoms with Gasteiger partial charge in [0.05, 0.1) is 11.4 Å². The van der Waals surface area contributed by atoms with Crippen LogP contribution >= 0.6 is 22.9 Å². The van der Waals surface area contributed by atoms with E-state index in [1.807, 2.05) is 0 Å². The van der Waals surface area contributed by atoms with E-state index < -0.39 is 6.04 Å². The maximum Gasteiger partial charge on any atom is 0.261 e. The number of thiophene rings is 1. The number of nitrogens with zero attached hydrogens (tertiary/aromatic N) is 1. The van der Waals surface area contributed by atoms with E-state index in [1.165, 1.54) is 16.2 Å². The molecule has 1 heterocycles. The summed E-state index contributed by atoms with van der Waals surface area (Å²) in [6, 6.07) is 9.61. The fraction of sp³-hybridized carbons (Fsp3) is 0.348. The highest BCUT2D eigenvalue weighted by molar-refractivity contribution is 7.12. The van der Waals surface area contributed by atoms with Crippen LogP contribution in [0.15, 0.2) is 54.4 Å². The summed E-state index contributed by atoms with van der Waals surface area (Å²) in [5, 5.41) is 8.07. The Morgan fingerprint density at radius 3 is 2.52 bits per heavy atom. The van der Waals surface area contributed by atoms with Crippen LogP contribution in [0.5, 0.6) is 0 Å². The molecule has 2 aromatic rings. The Morgan fingerprint density at radius 2 is 1.90 bits per heavy atom. The molecule has 1 aromatic heterocycles. The molecule has 0 radical (unpaired) electrons. The minimum Gasteiger partial charge on any atom is -0.351 e. The van der Waals surface area contributed by atoms with Crippen LogP contribution in [0.4, 0.5) is 0 Å². The van der Waals surface area contributed by atoms with Gasteiger partial charge in [0.25, 0.3) is 5.91 Å². The summed E-state index contributed by atoms with van der Waals surface area (Å²) in [6.45, 7) is 3.69. The minimum atomic E-state index is -0.845. The smallest absolute Gasteiger partial charge is 0.261 e. The number of hydrogen-bond donors (Lipinski definition) is 2. The predicted octanol–water partition coefficient (Wildman–Crippen LogP) is 3.95. The van der Waals surface area contributed by atoms with Crippen molar-refractivity contribution in [2.45, 2.75) is 37.8 Å². The van der Waals surface area contributed by atoms with Gasteiger partial charge in [-0.25, -0.2) is 0 Å². The Balaban J connectivity index is 1.80. The molecule has 1 aromatic carbocycles. The van der Waals surface area contributed by atoms with Crippen LogP contribution in [0.1, 0.15) is 47.0 Å². The van der Waals surface area contributed by atoms with Gasteiger partial charge in [0.1, 0.15) is 6.04 Å². The van der Waals surface area contributed by atoms with Gasteiger partial charge >= 0.3 is 0 Å². The van der Waals surface area contributed by atoms with E-state index in [-0.39, 0.29) is 36.9 Å². The number of rotatable bonds is 9. The number of carbonyl (C=O) groups excluding carboxylic acids is 3. The highest BCUT2D eigenvalue weighted by Crippen LogP contribution is 2.25. The fourth-order valence-corrected chi connectivity index (χ4v) is 4.48. The molecule has 2 N–H and O–H groups in total. The third kappa shape index (κ3) is 6.18. The second kappa shape index (κ2) is 11.1. The monoisotopic (exact) mass is 459 g/mol. The van der Waals surface area contributed by atoms with E-state index in [0.717, 1.165) is 25.7 Å². The van der Waals surface area contributed by atoms with Crippen LogP contribution in [-0.2, 0) is 9.59 Å². The molecule has 1 aliphatic carbocycles. The number of benzene rings is 1. The number of nitrogens with one attached hydrogen (secondary N) is 2. The lowest BCUT2D eigenvalue weighted by Gasteiger charge is -2.31. The van der Waals surface area contributed by atoms with Crippen LogP contribution in [-0.4, -0.2) is 41.8 Å². The maximum absolute atomic E-state index is 13.3. The number of halogens is 1. The van der Waals surface area contributed by atoms with Crippen molar-refractivity contribution in [3.05, 3.63) is 69.9 Å². The molecule has 1 saturated carbocycles. The first-order chi connectivity index (χ1) is 15.0. The average molecular weight is 460 g/mol. The molecule has 164 valence electrons. The van der Waals surface area contributed by atoms with E-state index in [9.17, 15) is 14.4 Å². The van der Waals surface area contributed by atoms with Gasteiger partial charge in [0, 0.05) is 17.6 Å². The van der Waals surface area contributed by atoms with E-state index in [0.29, 0.717) is 15.5 Å². The Kier molecular flexibility index (Phi) is 8.26. The molecule has 1 unspecified atom stereocenters. The zero-order valence-electron chi connectivity index (χ0n) is 17.2. The van der Waals surface area contributed by atoms with Crippen LogP contribution in [0.3, 0.4) is 0 Å². The van der Waals surface area contributed by atoms with Crippen molar-refractivity contribution in [1.82, 2.24) is 15.5 Å². The van der Waals surface area contributed by atoms with E-state index >= 15 is 0 Å². The van der Waals surface area contributed by atoms with Gasteiger partial charge < -0.3 is 15.5 Å². The summed E-state index contributed by atoms with van der Waals surface area (Å²) in [5.41, 5.74) is 0.652. The van der Waals surface area contributed by atoms with Crippen LogP contribution in [0.2, 0.25) is 5.02 Å². The highest BCUT2D eigenvalue weighted by Gasteiger charge is 2.32. The first-order valence-corrected chi connectivity index (χ1v) is 11.5. The fourth-order valence-electron chi connectivity index (χ4n) is 3.71. The lowest BCUT2D eigenvalue weighted by Crippen LogP contribution is -2.48. The molecule has 1 fully saturated rings. The lowest BCUT2D eigenvalue weighted by molar-refractivity contribution is -0.139. The molecule has 31 heavy (non-hydrogen) atoms. The molecule has 0 spiro atoms. The summed E-state index contributed by atoms with van der Waals surface area (Å²) >= 11 is 7.33. The summed E-state index contributed by atoms with van der Waals surface area (Å²) in [6.07, 6.45) is 5.61. The average Bonchev–Trinajstić information content (AvgIpc) is 3.47. The molecule has 0 saturated heterocycles. The van der Waals surface area contributed by atoms with Crippen molar-refractivity contribution in [3.8, 4) is 0 Å². The number of amides is 3. The number of hydrogen-bond acceptors (Lipinski definition) is 4. The van der Waals surface area contributed by atoms with Gasteiger partial charge in [-0.3, -0.25) is 14.4 Å². The summed E-state index contributed by atoms with van der Waals surface area (Å²) in [5.74, 6) is -0.930. The molecule has 8 heteroatoms. The molecule has 3 amide bonds. The molecule has 6 nitrogen and oxygen atoms in total. The molecule has 0 aliphatic heterocycles. The van der Waals surface area contributed by atoms with Crippen molar-refractivity contribution in [2.75, 3.05) is 13.1 Å². The standard InChI is InChI=1S/C23H26ClN3O3S/c1-2-13-27(20(28)15-25-22(29)19-8-5-14-31-19)21(16-9-11-17(24)12-10-16)23(30)26-18-6-3-4-7-18/h2,5,8-12,14,18,21H,1,3-4,6-7,13,15H2,(H,25,29)(H,26,30). The summed E-state index contributed by atoms with van der Waals surface area (Å²) in [7, 11) is 0. The Bertz CT molecular complexity index is 909.